The zero-order valence-corrected chi connectivity index (χ0v) is 21.1. The number of hydrogen-bond donors (Lipinski definition) is 2. The Kier molecular flexibility index (Phi) is 8.67. The maximum atomic E-state index is 11.9. The molecule has 0 spiro atoms. The summed E-state index contributed by atoms with van der Waals surface area (Å²) in [5, 5.41) is 6.77. The molecule has 1 aromatic heterocycles. The largest absolute Gasteiger partial charge is 0.494 e. The van der Waals surface area contributed by atoms with Crippen LogP contribution in [-0.4, -0.2) is 48.0 Å². The average Bonchev–Trinajstić information content (AvgIpc) is 2.90. The number of benzene rings is 3. The molecule has 8 heteroatoms. The second kappa shape index (κ2) is 12.5. The quantitative estimate of drug-likeness (QED) is 0.183. The van der Waals surface area contributed by atoms with Crippen molar-refractivity contribution >= 4 is 34.3 Å². The lowest BCUT2D eigenvalue weighted by Crippen LogP contribution is -2.13. The van der Waals surface area contributed by atoms with E-state index in [1.54, 1.807) is 0 Å². The van der Waals surface area contributed by atoms with Crippen molar-refractivity contribution in [1.82, 2.24) is 14.9 Å². The summed E-state index contributed by atoms with van der Waals surface area (Å²) in [7, 11) is 4.12. The zero-order chi connectivity index (χ0) is 26.0. The number of amides is 1. The predicted molar refractivity (Wildman–Crippen MR) is 148 cm³/mol. The Labute approximate surface area is 217 Å². The Morgan fingerprint density at radius 3 is 2.41 bits per heavy atom. The van der Waals surface area contributed by atoms with Crippen LogP contribution in [0.5, 0.6) is 17.2 Å². The SMILES string of the molecule is C=CC(=O)Nc1nc(Nc2ccc(Oc3ccccc3)cc2)c2ccc(OCCCCN(C)C)cc2n1. The molecule has 0 unspecified atom stereocenters. The fourth-order valence-electron chi connectivity index (χ4n) is 3.60. The second-order valence-corrected chi connectivity index (χ2v) is 8.69. The lowest BCUT2D eigenvalue weighted by molar-refractivity contribution is -0.111. The van der Waals surface area contributed by atoms with E-state index in [0.717, 1.165) is 42.0 Å². The average molecular weight is 498 g/mol. The van der Waals surface area contributed by atoms with Gasteiger partial charge in [0.15, 0.2) is 0 Å². The molecule has 0 fully saturated rings. The number of para-hydroxylation sites is 1. The monoisotopic (exact) mass is 497 g/mol. The van der Waals surface area contributed by atoms with E-state index in [9.17, 15) is 4.79 Å². The third kappa shape index (κ3) is 7.52. The summed E-state index contributed by atoms with van der Waals surface area (Å²) in [6, 6.07) is 22.8. The topological polar surface area (TPSA) is 88.6 Å². The highest BCUT2D eigenvalue weighted by Gasteiger charge is 2.11. The molecular weight excluding hydrogens is 466 g/mol. The zero-order valence-electron chi connectivity index (χ0n) is 21.1. The highest BCUT2D eigenvalue weighted by molar-refractivity contribution is 5.99. The molecule has 190 valence electrons. The van der Waals surface area contributed by atoms with Crippen molar-refractivity contribution in [1.29, 1.82) is 0 Å². The first kappa shape index (κ1) is 25.7. The van der Waals surface area contributed by atoms with E-state index in [0.29, 0.717) is 23.7 Å². The first-order chi connectivity index (χ1) is 18.0. The van der Waals surface area contributed by atoms with Gasteiger partial charge in [0, 0.05) is 17.1 Å². The lowest BCUT2D eigenvalue weighted by atomic mass is 10.2. The number of anilines is 3. The smallest absolute Gasteiger partial charge is 0.250 e. The van der Waals surface area contributed by atoms with Gasteiger partial charge in [-0.1, -0.05) is 24.8 Å². The van der Waals surface area contributed by atoms with Crippen molar-refractivity contribution in [3.05, 3.63) is 85.5 Å². The number of carbonyl (C=O) groups excluding carboxylic acids is 1. The van der Waals surface area contributed by atoms with Gasteiger partial charge in [0.2, 0.25) is 11.9 Å². The van der Waals surface area contributed by atoms with Crippen molar-refractivity contribution in [2.45, 2.75) is 12.8 Å². The molecule has 4 aromatic rings. The van der Waals surface area contributed by atoms with Crippen LogP contribution in [0.15, 0.2) is 85.5 Å². The molecule has 0 bridgehead atoms. The second-order valence-electron chi connectivity index (χ2n) is 8.69. The van der Waals surface area contributed by atoms with Gasteiger partial charge in [-0.05, 0) is 88.1 Å². The molecule has 1 amide bonds. The number of rotatable bonds is 12. The molecule has 8 nitrogen and oxygen atoms in total. The van der Waals surface area contributed by atoms with Crippen LogP contribution in [0.4, 0.5) is 17.5 Å². The molecule has 0 aliphatic heterocycles. The van der Waals surface area contributed by atoms with Crippen LogP contribution >= 0.6 is 0 Å². The van der Waals surface area contributed by atoms with Gasteiger partial charge in [0.1, 0.15) is 23.1 Å². The van der Waals surface area contributed by atoms with Gasteiger partial charge in [-0.25, -0.2) is 4.98 Å². The van der Waals surface area contributed by atoms with Crippen LogP contribution in [0.3, 0.4) is 0 Å². The summed E-state index contributed by atoms with van der Waals surface area (Å²) in [5.74, 6) is 2.54. The minimum atomic E-state index is -0.388. The van der Waals surface area contributed by atoms with Crippen molar-refractivity contribution in [2.75, 3.05) is 37.9 Å². The summed E-state index contributed by atoms with van der Waals surface area (Å²) in [5.41, 5.74) is 1.45. The van der Waals surface area contributed by atoms with Crippen molar-refractivity contribution in [3.8, 4) is 17.2 Å². The van der Waals surface area contributed by atoms with E-state index in [1.807, 2.05) is 72.8 Å². The van der Waals surface area contributed by atoms with Crippen LogP contribution < -0.4 is 20.1 Å². The Bertz CT molecular complexity index is 1340. The van der Waals surface area contributed by atoms with Crippen molar-refractivity contribution in [2.24, 2.45) is 0 Å². The van der Waals surface area contributed by atoms with E-state index in [1.165, 1.54) is 6.08 Å². The van der Waals surface area contributed by atoms with Gasteiger partial charge in [0.05, 0.1) is 12.1 Å². The molecular formula is C29H31N5O3. The molecule has 0 aliphatic rings. The number of unbranched alkanes of at least 4 members (excludes halogenated alkanes) is 1. The molecule has 3 aromatic carbocycles. The number of aromatic nitrogens is 2. The normalized spacial score (nSPS) is 10.8. The van der Waals surface area contributed by atoms with Gasteiger partial charge in [-0.15, -0.1) is 0 Å². The highest BCUT2D eigenvalue weighted by atomic mass is 16.5. The van der Waals surface area contributed by atoms with Crippen LogP contribution in [0.2, 0.25) is 0 Å². The number of ether oxygens (including phenoxy) is 2. The summed E-state index contributed by atoms with van der Waals surface area (Å²) in [6.07, 6.45) is 3.19. The Hall–Kier alpha value is -4.43. The van der Waals surface area contributed by atoms with Crippen LogP contribution in [0.1, 0.15) is 12.8 Å². The summed E-state index contributed by atoms with van der Waals surface area (Å²) >= 11 is 0. The van der Waals surface area contributed by atoms with E-state index in [2.05, 4.69) is 46.2 Å². The standard InChI is InChI=1S/C29H31N5O3/c1-4-27(35)32-29-31-26-20-24(36-19-9-8-18-34(2)3)16-17-25(26)28(33-29)30-21-12-14-23(15-13-21)37-22-10-6-5-7-11-22/h4-7,10-17,20H,1,8-9,18-19H2,2-3H3,(H2,30,31,32,33,35). The van der Waals surface area contributed by atoms with E-state index in [-0.39, 0.29) is 11.9 Å². The molecule has 0 saturated heterocycles. The maximum absolute atomic E-state index is 11.9. The molecule has 0 radical (unpaired) electrons. The first-order valence-corrected chi connectivity index (χ1v) is 12.1. The Morgan fingerprint density at radius 1 is 0.946 bits per heavy atom. The highest BCUT2D eigenvalue weighted by Crippen LogP contribution is 2.30. The summed E-state index contributed by atoms with van der Waals surface area (Å²) < 4.78 is 11.8. The van der Waals surface area contributed by atoms with Crippen molar-refractivity contribution in [3.63, 3.8) is 0 Å². The third-order valence-corrected chi connectivity index (χ3v) is 5.45. The lowest BCUT2D eigenvalue weighted by Gasteiger charge is -2.13. The third-order valence-electron chi connectivity index (χ3n) is 5.45. The van der Waals surface area contributed by atoms with E-state index >= 15 is 0 Å². The number of nitrogens with zero attached hydrogens (tertiary/aromatic N) is 3. The van der Waals surface area contributed by atoms with Crippen LogP contribution in [0.25, 0.3) is 10.9 Å². The Morgan fingerprint density at radius 2 is 1.68 bits per heavy atom. The molecule has 1 heterocycles. The van der Waals surface area contributed by atoms with Gasteiger partial charge < -0.3 is 19.7 Å². The summed E-state index contributed by atoms with van der Waals surface area (Å²) in [4.78, 5) is 23.1. The minimum absolute atomic E-state index is 0.173. The van der Waals surface area contributed by atoms with E-state index < -0.39 is 0 Å². The molecule has 4 rings (SSSR count). The first-order valence-electron chi connectivity index (χ1n) is 12.1. The fraction of sp³-hybridized carbons (Fsp3) is 0.207. The molecule has 37 heavy (non-hydrogen) atoms. The number of hydrogen-bond acceptors (Lipinski definition) is 7. The number of nitrogens with one attached hydrogen (secondary N) is 2. The maximum Gasteiger partial charge on any atom is 0.250 e. The molecule has 2 N–H and O–H groups in total. The minimum Gasteiger partial charge on any atom is -0.494 e. The van der Waals surface area contributed by atoms with Crippen LogP contribution in [-0.2, 0) is 4.79 Å². The van der Waals surface area contributed by atoms with Gasteiger partial charge >= 0.3 is 0 Å². The Balaban J connectivity index is 1.53. The molecule has 0 saturated carbocycles. The summed E-state index contributed by atoms with van der Waals surface area (Å²) in [6.45, 7) is 5.14. The van der Waals surface area contributed by atoms with Gasteiger partial charge in [-0.3, -0.25) is 10.1 Å². The fourth-order valence-corrected chi connectivity index (χ4v) is 3.60. The number of fused-ring (bicyclic) bond motifs is 1. The van der Waals surface area contributed by atoms with Crippen LogP contribution in [0, 0.1) is 0 Å². The number of carbonyl (C=O) groups is 1. The molecule has 0 atom stereocenters. The van der Waals surface area contributed by atoms with Gasteiger partial charge in [0.25, 0.3) is 0 Å². The predicted octanol–water partition coefficient (Wildman–Crippen LogP) is 6.01. The van der Waals surface area contributed by atoms with E-state index in [4.69, 9.17) is 9.47 Å². The molecule has 0 aliphatic carbocycles. The van der Waals surface area contributed by atoms with Gasteiger partial charge in [-0.2, -0.15) is 4.98 Å². The van der Waals surface area contributed by atoms with Crippen molar-refractivity contribution < 1.29 is 14.3 Å².